The highest BCUT2D eigenvalue weighted by atomic mass is 19.1. The van der Waals surface area contributed by atoms with Gasteiger partial charge in [0.1, 0.15) is 35.1 Å². The topological polar surface area (TPSA) is 65.9 Å². The predicted octanol–water partition coefficient (Wildman–Crippen LogP) is 3.85. The van der Waals surface area contributed by atoms with Crippen LogP contribution in [-0.2, 0) is 11.2 Å². The summed E-state index contributed by atoms with van der Waals surface area (Å²) < 4.78 is 60.4. The molecule has 1 saturated heterocycles. The van der Waals surface area contributed by atoms with Crippen molar-refractivity contribution in [2.24, 2.45) is 0 Å². The Hall–Kier alpha value is -3.68. The first-order chi connectivity index (χ1) is 17.8. The molecule has 1 aliphatic rings. The van der Waals surface area contributed by atoms with Crippen molar-refractivity contribution >= 4 is 16.9 Å². The first kappa shape index (κ1) is 26.4. The van der Waals surface area contributed by atoms with Crippen molar-refractivity contribution in [3.63, 3.8) is 0 Å². The van der Waals surface area contributed by atoms with Gasteiger partial charge < -0.3 is 9.84 Å². The maximum absolute atomic E-state index is 14.6. The van der Waals surface area contributed by atoms with E-state index in [4.69, 9.17) is 4.74 Å². The van der Waals surface area contributed by atoms with E-state index in [-0.39, 0.29) is 13.1 Å². The van der Waals surface area contributed by atoms with Crippen LogP contribution in [-0.4, -0.2) is 71.7 Å². The van der Waals surface area contributed by atoms with E-state index in [1.54, 1.807) is 23.1 Å². The van der Waals surface area contributed by atoms with Crippen molar-refractivity contribution in [1.82, 2.24) is 14.8 Å². The van der Waals surface area contributed by atoms with E-state index in [1.807, 2.05) is 4.90 Å². The number of rotatable bonds is 7. The molecule has 0 unspecified atom stereocenters. The van der Waals surface area contributed by atoms with Crippen molar-refractivity contribution in [2.45, 2.75) is 18.9 Å². The molecule has 1 fully saturated rings. The molecule has 1 aromatic heterocycles. The molecular weight excluding hydrogens is 490 g/mol. The summed E-state index contributed by atoms with van der Waals surface area (Å²) in [5.74, 6) is 0.987. The second-order valence-corrected chi connectivity index (χ2v) is 8.74. The standard InChI is InChI=1S/C27H25F4N3O3/c1-37-18-6-7-25-21(14-18)19(24(31)15-32-25)4-3-9-34-11-10-33(16-26(34)27(35)36)8-2-5-20-22(29)12-17(28)13-23(20)30/h6-7,12-15,26H,3-4,8-11,16H2,1H3,(H,35,36)/t26-/m1/s1. The number of halogens is 4. The third-order valence-electron chi connectivity index (χ3n) is 6.39. The van der Waals surface area contributed by atoms with Crippen LogP contribution in [0.1, 0.15) is 17.5 Å². The summed E-state index contributed by atoms with van der Waals surface area (Å²) in [5, 5.41) is 10.4. The molecule has 1 N–H and O–H groups in total. The van der Waals surface area contributed by atoms with Gasteiger partial charge in [-0.15, -0.1) is 0 Å². The predicted molar refractivity (Wildman–Crippen MR) is 129 cm³/mol. The number of carboxylic acid groups (broad SMARTS) is 1. The number of nitrogens with zero attached hydrogens (tertiary/aromatic N) is 3. The van der Waals surface area contributed by atoms with Crippen LogP contribution in [0, 0.1) is 35.1 Å². The summed E-state index contributed by atoms with van der Waals surface area (Å²) in [7, 11) is 1.53. The maximum atomic E-state index is 14.6. The minimum absolute atomic E-state index is 0.101. The van der Waals surface area contributed by atoms with Gasteiger partial charge in [0, 0.05) is 37.2 Å². The molecule has 0 saturated carbocycles. The second-order valence-electron chi connectivity index (χ2n) is 8.74. The lowest BCUT2D eigenvalue weighted by atomic mass is 10.0. The van der Waals surface area contributed by atoms with Gasteiger partial charge in [0.25, 0.3) is 0 Å². The molecule has 3 aromatic rings. The molecule has 2 aromatic carbocycles. The molecule has 6 nitrogen and oxygen atoms in total. The minimum Gasteiger partial charge on any atom is -0.497 e. The summed E-state index contributed by atoms with van der Waals surface area (Å²) in [6.07, 6.45) is 2.11. The van der Waals surface area contributed by atoms with Gasteiger partial charge in [0.2, 0.25) is 0 Å². The number of carbonyl (C=O) groups is 1. The SMILES string of the molecule is COc1ccc2ncc(F)c(CCCN3CCN(CC#Cc4c(F)cc(F)cc4F)C[C@@H]3C(=O)O)c2c1. The van der Waals surface area contributed by atoms with E-state index in [0.717, 1.165) is 0 Å². The van der Waals surface area contributed by atoms with Crippen LogP contribution < -0.4 is 4.74 Å². The number of piperazine rings is 1. The van der Waals surface area contributed by atoms with E-state index in [0.29, 0.717) is 66.8 Å². The number of hydrogen-bond acceptors (Lipinski definition) is 5. The Balaban J connectivity index is 1.38. The molecule has 0 spiro atoms. The fourth-order valence-corrected chi connectivity index (χ4v) is 4.47. The average molecular weight is 516 g/mol. The van der Waals surface area contributed by atoms with Gasteiger partial charge >= 0.3 is 5.97 Å². The van der Waals surface area contributed by atoms with Gasteiger partial charge in [0.05, 0.1) is 30.9 Å². The molecule has 2 heterocycles. The summed E-state index contributed by atoms with van der Waals surface area (Å²) >= 11 is 0. The zero-order valence-electron chi connectivity index (χ0n) is 20.1. The van der Waals surface area contributed by atoms with E-state index in [9.17, 15) is 27.5 Å². The van der Waals surface area contributed by atoms with E-state index < -0.39 is 40.8 Å². The van der Waals surface area contributed by atoms with Crippen LogP contribution in [0.3, 0.4) is 0 Å². The van der Waals surface area contributed by atoms with E-state index >= 15 is 0 Å². The number of ether oxygens (including phenoxy) is 1. The highest BCUT2D eigenvalue weighted by Crippen LogP contribution is 2.26. The van der Waals surface area contributed by atoms with Gasteiger partial charge in [-0.05, 0) is 43.1 Å². The monoisotopic (exact) mass is 515 g/mol. The Morgan fingerprint density at radius 3 is 2.59 bits per heavy atom. The van der Waals surface area contributed by atoms with Crippen molar-refractivity contribution in [3.05, 3.63) is 70.9 Å². The average Bonchev–Trinajstić information content (AvgIpc) is 2.87. The number of methoxy groups -OCH3 is 1. The molecule has 0 bridgehead atoms. The fourth-order valence-electron chi connectivity index (χ4n) is 4.47. The zero-order valence-corrected chi connectivity index (χ0v) is 20.1. The van der Waals surface area contributed by atoms with Crippen LogP contribution in [0.5, 0.6) is 5.75 Å². The number of hydrogen-bond donors (Lipinski definition) is 1. The number of benzene rings is 2. The zero-order chi connectivity index (χ0) is 26.5. The Labute approximate surface area is 211 Å². The Bertz CT molecular complexity index is 1350. The number of aryl methyl sites for hydroxylation is 1. The number of fused-ring (bicyclic) bond motifs is 1. The lowest BCUT2D eigenvalue weighted by molar-refractivity contribution is -0.145. The number of aromatic nitrogens is 1. The van der Waals surface area contributed by atoms with Gasteiger partial charge in [-0.2, -0.15) is 0 Å². The van der Waals surface area contributed by atoms with Crippen LogP contribution in [0.4, 0.5) is 17.6 Å². The van der Waals surface area contributed by atoms with E-state index in [1.165, 1.54) is 13.3 Å². The summed E-state index contributed by atoms with van der Waals surface area (Å²) in [6, 6.07) is 5.56. The molecular formula is C27H25F4N3O3. The quantitative estimate of drug-likeness (QED) is 0.381. The molecule has 0 amide bonds. The lowest BCUT2D eigenvalue weighted by Gasteiger charge is -2.38. The van der Waals surface area contributed by atoms with Crippen molar-refractivity contribution < 1.29 is 32.2 Å². The number of aliphatic carboxylic acids is 1. The van der Waals surface area contributed by atoms with Crippen LogP contribution in [0.25, 0.3) is 10.9 Å². The summed E-state index contributed by atoms with van der Waals surface area (Å²) in [5.41, 5.74) is 0.629. The van der Waals surface area contributed by atoms with Crippen molar-refractivity contribution in [3.8, 4) is 17.6 Å². The number of pyridine rings is 1. The van der Waals surface area contributed by atoms with Gasteiger partial charge in [-0.25, -0.2) is 17.6 Å². The van der Waals surface area contributed by atoms with Gasteiger partial charge in [-0.1, -0.05) is 11.8 Å². The lowest BCUT2D eigenvalue weighted by Crippen LogP contribution is -2.56. The van der Waals surface area contributed by atoms with Crippen molar-refractivity contribution in [1.29, 1.82) is 0 Å². The van der Waals surface area contributed by atoms with Gasteiger partial charge in [-0.3, -0.25) is 19.6 Å². The summed E-state index contributed by atoms with van der Waals surface area (Å²) in [6.45, 7) is 1.64. The molecule has 1 atom stereocenters. The molecule has 10 heteroatoms. The van der Waals surface area contributed by atoms with Crippen LogP contribution in [0.15, 0.2) is 36.5 Å². The Kier molecular flexibility index (Phi) is 8.26. The minimum atomic E-state index is -1.09. The number of carboxylic acids is 1. The third-order valence-corrected chi connectivity index (χ3v) is 6.39. The first-order valence-corrected chi connectivity index (χ1v) is 11.7. The van der Waals surface area contributed by atoms with Gasteiger partial charge in [0.15, 0.2) is 0 Å². The molecule has 37 heavy (non-hydrogen) atoms. The largest absolute Gasteiger partial charge is 0.497 e. The molecule has 194 valence electrons. The molecule has 1 aliphatic heterocycles. The van der Waals surface area contributed by atoms with Crippen LogP contribution >= 0.6 is 0 Å². The maximum Gasteiger partial charge on any atom is 0.322 e. The second kappa shape index (κ2) is 11.6. The smallest absolute Gasteiger partial charge is 0.322 e. The third kappa shape index (κ3) is 6.18. The Morgan fingerprint density at radius 1 is 1.14 bits per heavy atom. The van der Waals surface area contributed by atoms with Crippen LogP contribution in [0.2, 0.25) is 0 Å². The molecule has 0 aliphatic carbocycles. The summed E-state index contributed by atoms with van der Waals surface area (Å²) in [4.78, 5) is 19.7. The Morgan fingerprint density at radius 2 is 1.89 bits per heavy atom. The normalized spacial score (nSPS) is 16.4. The van der Waals surface area contributed by atoms with E-state index in [2.05, 4.69) is 16.8 Å². The molecule has 0 radical (unpaired) electrons. The fraction of sp³-hybridized carbons (Fsp3) is 0.333. The molecule has 4 rings (SSSR count). The highest BCUT2D eigenvalue weighted by Gasteiger charge is 2.31. The highest BCUT2D eigenvalue weighted by molar-refractivity contribution is 5.83. The first-order valence-electron chi connectivity index (χ1n) is 11.7. The van der Waals surface area contributed by atoms with Crippen molar-refractivity contribution in [2.75, 3.05) is 39.8 Å².